The molecule has 0 aliphatic heterocycles. The number of nitrogens with one attached hydrogen (secondary N) is 2. The van der Waals surface area contributed by atoms with Gasteiger partial charge < -0.3 is 27.8 Å². The van der Waals surface area contributed by atoms with E-state index in [4.69, 9.17) is 17.2 Å². The molecule has 0 bridgehead atoms. The van der Waals surface area contributed by atoms with Crippen molar-refractivity contribution in [2.75, 3.05) is 42.5 Å². The normalized spacial score (nSPS) is 10.1. The Kier molecular flexibility index (Phi) is 5.23. The van der Waals surface area contributed by atoms with E-state index in [1.165, 1.54) is 0 Å². The molecule has 1 heterocycles. The highest BCUT2D eigenvalue weighted by Crippen LogP contribution is 2.05. The van der Waals surface area contributed by atoms with Crippen LogP contribution in [0.4, 0.5) is 17.8 Å². The molecule has 0 aliphatic rings. The number of rotatable bonds is 7. The highest BCUT2D eigenvalue weighted by molar-refractivity contribution is 5.39. The summed E-state index contributed by atoms with van der Waals surface area (Å²) in [4.78, 5) is 12.0. The maximum Gasteiger partial charge on any atom is 0.229 e. The number of nitrogens with two attached hydrogens (primary N) is 3. The third-order valence-electron chi connectivity index (χ3n) is 1.74. The van der Waals surface area contributed by atoms with Gasteiger partial charge in [0.2, 0.25) is 17.8 Å². The van der Waals surface area contributed by atoms with Crippen LogP contribution in [0.2, 0.25) is 0 Å². The van der Waals surface area contributed by atoms with E-state index in [9.17, 15) is 0 Å². The van der Waals surface area contributed by atoms with Crippen molar-refractivity contribution in [1.29, 1.82) is 0 Å². The summed E-state index contributed by atoms with van der Waals surface area (Å²) in [5.41, 5.74) is 16.3. The summed E-state index contributed by atoms with van der Waals surface area (Å²) in [6.45, 7) is 2.41. The second-order valence-corrected chi connectivity index (χ2v) is 3.13. The fourth-order valence-electron chi connectivity index (χ4n) is 1.04. The van der Waals surface area contributed by atoms with Crippen LogP contribution in [0.25, 0.3) is 0 Å². The van der Waals surface area contributed by atoms with Gasteiger partial charge in [-0.15, -0.1) is 0 Å². The van der Waals surface area contributed by atoms with Gasteiger partial charge in [0.05, 0.1) is 0 Å². The lowest BCUT2D eigenvalue weighted by molar-refractivity contribution is 0.860. The number of aromatic nitrogens is 3. The minimum absolute atomic E-state index is 0.171. The molecular weight excluding hydrogens is 208 g/mol. The summed E-state index contributed by atoms with van der Waals surface area (Å²) >= 11 is 0. The van der Waals surface area contributed by atoms with Crippen LogP contribution in [0, 0.1) is 0 Å². The molecule has 0 saturated heterocycles. The maximum absolute atomic E-state index is 5.54. The summed E-state index contributed by atoms with van der Waals surface area (Å²) in [7, 11) is 0. The molecule has 1 rings (SSSR count). The third kappa shape index (κ3) is 4.24. The minimum atomic E-state index is 0.171. The molecule has 1 aromatic heterocycles. The third-order valence-corrected chi connectivity index (χ3v) is 1.74. The van der Waals surface area contributed by atoms with E-state index in [2.05, 4.69) is 25.6 Å². The highest BCUT2D eigenvalue weighted by Gasteiger charge is 2.02. The molecule has 0 fully saturated rings. The van der Waals surface area contributed by atoms with Crippen LogP contribution in [-0.4, -0.2) is 41.1 Å². The van der Waals surface area contributed by atoms with Crippen molar-refractivity contribution in [3.8, 4) is 0 Å². The largest absolute Gasteiger partial charge is 0.368 e. The molecule has 8 heteroatoms. The Morgan fingerprint density at radius 3 is 2.06 bits per heavy atom. The second kappa shape index (κ2) is 6.75. The maximum atomic E-state index is 5.54. The van der Waals surface area contributed by atoms with E-state index in [0.29, 0.717) is 38.1 Å². The fraction of sp³-hybridized carbons (Fsp3) is 0.625. The van der Waals surface area contributed by atoms with E-state index in [1.54, 1.807) is 0 Å². The van der Waals surface area contributed by atoms with Crippen molar-refractivity contribution in [1.82, 2.24) is 15.0 Å². The smallest absolute Gasteiger partial charge is 0.229 e. The van der Waals surface area contributed by atoms with Crippen molar-refractivity contribution in [2.45, 2.75) is 6.42 Å². The van der Waals surface area contributed by atoms with Gasteiger partial charge in [-0.05, 0) is 13.0 Å². The Labute approximate surface area is 94.0 Å². The van der Waals surface area contributed by atoms with Crippen LogP contribution in [0.1, 0.15) is 6.42 Å². The molecule has 16 heavy (non-hydrogen) atoms. The Hall–Kier alpha value is -1.67. The molecule has 0 saturated carbocycles. The molecule has 0 spiro atoms. The monoisotopic (exact) mass is 226 g/mol. The van der Waals surface area contributed by atoms with Crippen molar-refractivity contribution >= 4 is 17.8 Å². The molecule has 8 nitrogen and oxygen atoms in total. The number of hydrogen-bond donors (Lipinski definition) is 5. The Morgan fingerprint density at radius 2 is 1.50 bits per heavy atom. The quantitative estimate of drug-likeness (QED) is 0.357. The first kappa shape index (κ1) is 12.4. The lowest BCUT2D eigenvalue weighted by Crippen LogP contribution is -2.17. The zero-order valence-electron chi connectivity index (χ0n) is 9.11. The molecule has 0 amide bonds. The summed E-state index contributed by atoms with van der Waals surface area (Å²) in [6.07, 6.45) is 0.844. The lowest BCUT2D eigenvalue weighted by atomic mass is 10.4. The van der Waals surface area contributed by atoms with Gasteiger partial charge in [-0.3, -0.25) is 0 Å². The Balaban J connectivity index is 2.58. The summed E-state index contributed by atoms with van der Waals surface area (Å²) in [5, 5.41) is 5.94. The highest BCUT2D eigenvalue weighted by atomic mass is 15.2. The molecule has 0 unspecified atom stereocenters. The van der Waals surface area contributed by atoms with Gasteiger partial charge in [-0.25, -0.2) is 0 Å². The van der Waals surface area contributed by atoms with Gasteiger partial charge in [-0.1, -0.05) is 0 Å². The number of nitrogens with zero attached hydrogens (tertiary/aromatic N) is 3. The first-order valence-electron chi connectivity index (χ1n) is 5.15. The standard InChI is InChI=1S/C8H18N8/c9-2-1-4-12-7-14-6(11)15-8(16-7)13-5-3-10/h1-5,9-10H2,(H4,11,12,13,14,15,16). The predicted molar refractivity (Wildman–Crippen MR) is 63.9 cm³/mol. The van der Waals surface area contributed by atoms with Crippen molar-refractivity contribution in [3.63, 3.8) is 0 Å². The van der Waals surface area contributed by atoms with Crippen LogP contribution in [-0.2, 0) is 0 Å². The van der Waals surface area contributed by atoms with Gasteiger partial charge in [0.25, 0.3) is 0 Å². The first-order chi connectivity index (χ1) is 7.76. The van der Waals surface area contributed by atoms with Crippen molar-refractivity contribution < 1.29 is 0 Å². The fourth-order valence-corrected chi connectivity index (χ4v) is 1.04. The van der Waals surface area contributed by atoms with Crippen molar-refractivity contribution in [3.05, 3.63) is 0 Å². The summed E-state index contributed by atoms with van der Waals surface area (Å²) in [5.74, 6) is 1.04. The SMILES string of the molecule is NCCCNc1nc(N)nc(NCCN)n1. The number of anilines is 3. The average molecular weight is 226 g/mol. The van der Waals surface area contributed by atoms with Gasteiger partial charge >= 0.3 is 0 Å². The van der Waals surface area contributed by atoms with Gasteiger partial charge in [0.15, 0.2) is 0 Å². The van der Waals surface area contributed by atoms with E-state index >= 15 is 0 Å². The first-order valence-corrected chi connectivity index (χ1v) is 5.15. The number of hydrogen-bond acceptors (Lipinski definition) is 8. The number of nitrogen functional groups attached to an aromatic ring is 1. The van der Waals surface area contributed by atoms with Gasteiger partial charge in [0, 0.05) is 19.6 Å². The molecular formula is C8H18N8. The Bertz CT molecular complexity index is 315. The van der Waals surface area contributed by atoms with Gasteiger partial charge in [0.1, 0.15) is 0 Å². The summed E-state index contributed by atoms with van der Waals surface area (Å²) in [6, 6.07) is 0. The van der Waals surface area contributed by atoms with Crippen LogP contribution >= 0.6 is 0 Å². The van der Waals surface area contributed by atoms with Crippen molar-refractivity contribution in [2.24, 2.45) is 11.5 Å². The van der Waals surface area contributed by atoms with Crippen LogP contribution in [0.3, 0.4) is 0 Å². The van der Waals surface area contributed by atoms with E-state index in [1.807, 2.05) is 0 Å². The summed E-state index contributed by atoms with van der Waals surface area (Å²) < 4.78 is 0. The van der Waals surface area contributed by atoms with E-state index < -0.39 is 0 Å². The van der Waals surface area contributed by atoms with Gasteiger partial charge in [-0.2, -0.15) is 15.0 Å². The molecule has 90 valence electrons. The zero-order chi connectivity index (χ0) is 11.8. The molecule has 0 radical (unpaired) electrons. The molecule has 0 aliphatic carbocycles. The van der Waals surface area contributed by atoms with Crippen LogP contribution in [0.15, 0.2) is 0 Å². The molecule has 0 aromatic carbocycles. The minimum Gasteiger partial charge on any atom is -0.368 e. The van der Waals surface area contributed by atoms with Crippen LogP contribution in [0.5, 0.6) is 0 Å². The van der Waals surface area contributed by atoms with E-state index in [0.717, 1.165) is 6.42 Å². The van der Waals surface area contributed by atoms with Crippen LogP contribution < -0.4 is 27.8 Å². The van der Waals surface area contributed by atoms with E-state index in [-0.39, 0.29) is 5.95 Å². The topological polar surface area (TPSA) is 141 Å². The Morgan fingerprint density at radius 1 is 0.875 bits per heavy atom. The molecule has 0 atom stereocenters. The lowest BCUT2D eigenvalue weighted by Gasteiger charge is -2.07. The predicted octanol–water partition coefficient (Wildman–Crippen LogP) is -1.41. The molecule has 1 aromatic rings. The zero-order valence-corrected chi connectivity index (χ0v) is 9.11. The molecule has 8 N–H and O–H groups in total. The second-order valence-electron chi connectivity index (χ2n) is 3.13. The average Bonchev–Trinajstić information content (AvgIpc) is 2.26.